The van der Waals surface area contributed by atoms with Crippen molar-refractivity contribution < 1.29 is 37.4 Å². The second-order valence-corrected chi connectivity index (χ2v) is 6.35. The first-order valence-electron chi connectivity index (χ1n) is 8.72. The van der Waals surface area contributed by atoms with Gasteiger partial charge in [-0.25, -0.2) is 9.78 Å². The first kappa shape index (κ1) is 23.1. The van der Waals surface area contributed by atoms with Crippen molar-refractivity contribution in [1.29, 1.82) is 0 Å². The van der Waals surface area contributed by atoms with E-state index in [-0.39, 0.29) is 28.9 Å². The van der Waals surface area contributed by atoms with Crippen LogP contribution in [0.2, 0.25) is 0 Å². The van der Waals surface area contributed by atoms with Crippen LogP contribution in [-0.4, -0.2) is 51.4 Å². The lowest BCUT2D eigenvalue weighted by atomic mass is 9.88. The van der Waals surface area contributed by atoms with Gasteiger partial charge in [0.1, 0.15) is 0 Å². The van der Waals surface area contributed by atoms with E-state index in [1.807, 2.05) is 0 Å². The number of imidazole rings is 1. The summed E-state index contributed by atoms with van der Waals surface area (Å²) in [7, 11) is 0. The number of nitrogens with zero attached hydrogens (tertiary/aromatic N) is 3. The monoisotopic (exact) mass is 435 g/mol. The normalized spacial score (nSPS) is 15.8. The van der Waals surface area contributed by atoms with E-state index in [0.717, 1.165) is 31.6 Å². The van der Waals surface area contributed by atoms with Gasteiger partial charge in [0.2, 0.25) is 5.69 Å². The molecule has 1 amide bonds. The number of alkyl halides is 3. The molecular formula is C15H20F3N7O5. The first-order valence-corrected chi connectivity index (χ1v) is 8.72. The first-order chi connectivity index (χ1) is 14.1. The average molecular weight is 435 g/mol. The summed E-state index contributed by atoms with van der Waals surface area (Å²) < 4.78 is 36.2. The fraction of sp³-hybridized carbons (Fsp3) is 0.533. The fourth-order valence-corrected chi connectivity index (χ4v) is 2.98. The van der Waals surface area contributed by atoms with E-state index >= 15 is 0 Å². The van der Waals surface area contributed by atoms with E-state index in [2.05, 4.69) is 30.4 Å². The Morgan fingerprint density at radius 3 is 2.57 bits per heavy atom. The highest BCUT2D eigenvalue weighted by Crippen LogP contribution is 2.28. The van der Waals surface area contributed by atoms with Gasteiger partial charge in [-0.2, -0.15) is 13.2 Å². The molecule has 1 unspecified atom stereocenters. The van der Waals surface area contributed by atoms with Gasteiger partial charge >= 0.3 is 12.1 Å². The summed E-state index contributed by atoms with van der Waals surface area (Å²) in [5.41, 5.74) is 6.07. The molecule has 0 radical (unpaired) electrons. The van der Waals surface area contributed by atoms with Crippen molar-refractivity contribution in [2.24, 2.45) is 11.7 Å². The van der Waals surface area contributed by atoms with Gasteiger partial charge in [0.25, 0.3) is 11.6 Å². The van der Waals surface area contributed by atoms with Gasteiger partial charge in [0, 0.05) is 11.4 Å². The Kier molecular flexibility index (Phi) is 7.71. The van der Waals surface area contributed by atoms with Crippen LogP contribution in [0.5, 0.6) is 0 Å². The number of nitrogens with one attached hydrogen (secondary N) is 3. The topological polar surface area (TPSA) is 186 Å². The zero-order valence-electron chi connectivity index (χ0n) is 15.5. The molecule has 3 rings (SSSR count). The van der Waals surface area contributed by atoms with E-state index in [0.29, 0.717) is 5.92 Å². The molecule has 0 bridgehead atoms. The molecule has 166 valence electrons. The van der Waals surface area contributed by atoms with Crippen molar-refractivity contribution in [3.63, 3.8) is 0 Å². The maximum absolute atomic E-state index is 11.4. The molecule has 15 heteroatoms. The van der Waals surface area contributed by atoms with E-state index < -0.39 is 18.1 Å². The van der Waals surface area contributed by atoms with Gasteiger partial charge in [0.15, 0.2) is 0 Å². The fourth-order valence-electron chi connectivity index (χ4n) is 2.98. The number of rotatable bonds is 6. The number of carboxylic acids is 1. The van der Waals surface area contributed by atoms with Crippen LogP contribution in [0.1, 0.15) is 40.8 Å². The number of piperidine rings is 1. The minimum Gasteiger partial charge on any atom is -0.475 e. The van der Waals surface area contributed by atoms with Crippen LogP contribution in [-0.2, 0) is 11.3 Å². The maximum Gasteiger partial charge on any atom is 0.490 e. The third-order valence-electron chi connectivity index (χ3n) is 4.36. The molecule has 0 aliphatic carbocycles. The summed E-state index contributed by atoms with van der Waals surface area (Å²) in [6.07, 6.45) is 0.340. The van der Waals surface area contributed by atoms with Crippen LogP contribution >= 0.6 is 0 Å². The molecule has 0 spiro atoms. The highest BCUT2D eigenvalue weighted by molar-refractivity contribution is 5.90. The minimum absolute atomic E-state index is 0.0112. The molecular weight excluding hydrogens is 415 g/mol. The second kappa shape index (κ2) is 10.0. The van der Waals surface area contributed by atoms with E-state index in [1.54, 1.807) is 12.5 Å². The van der Waals surface area contributed by atoms with Crippen molar-refractivity contribution in [2.45, 2.75) is 31.6 Å². The van der Waals surface area contributed by atoms with Crippen LogP contribution in [0.3, 0.4) is 0 Å². The van der Waals surface area contributed by atoms with Crippen LogP contribution in [0, 0.1) is 11.1 Å². The molecule has 1 aliphatic rings. The molecule has 12 nitrogen and oxygen atoms in total. The number of carboxylic acid groups (broad SMARTS) is 1. The standard InChI is InChI=1S/C13H19N7O3.C2HF3O2/c14-13(21)12-10(19-23-20(12)22)6-17-11(9-5-16-7-18-9)8-1-3-15-4-2-8;3-2(4,5)1(6)7/h5,7-8,11,15,17H,1-4,6H2,(H2,14,21)(H,16,18);(H,6,7). The lowest BCUT2D eigenvalue weighted by Crippen LogP contribution is -2.38. The quantitative estimate of drug-likeness (QED) is 0.376. The largest absolute Gasteiger partial charge is 0.490 e. The van der Waals surface area contributed by atoms with Crippen LogP contribution in [0.25, 0.3) is 0 Å². The Hall–Kier alpha value is -3.20. The third-order valence-corrected chi connectivity index (χ3v) is 4.36. The molecule has 6 N–H and O–H groups in total. The summed E-state index contributed by atoms with van der Waals surface area (Å²) in [4.78, 5) is 27.4. The van der Waals surface area contributed by atoms with E-state index in [9.17, 15) is 23.2 Å². The van der Waals surface area contributed by atoms with Gasteiger partial charge in [-0.1, -0.05) is 0 Å². The smallest absolute Gasteiger partial charge is 0.475 e. The number of aromatic amines is 1. The number of carbonyl (C=O) groups is 2. The summed E-state index contributed by atoms with van der Waals surface area (Å²) in [6.45, 7) is 2.10. The molecule has 1 fully saturated rings. The molecule has 0 aromatic carbocycles. The molecule has 1 aliphatic heterocycles. The van der Waals surface area contributed by atoms with E-state index in [4.69, 9.17) is 15.6 Å². The highest BCUT2D eigenvalue weighted by Gasteiger charge is 2.38. The molecule has 2 aromatic rings. The number of primary amides is 1. The van der Waals surface area contributed by atoms with Crippen molar-refractivity contribution in [1.82, 2.24) is 25.8 Å². The van der Waals surface area contributed by atoms with Gasteiger partial charge < -0.3 is 31.7 Å². The van der Waals surface area contributed by atoms with Crippen LogP contribution in [0.4, 0.5) is 13.2 Å². The van der Waals surface area contributed by atoms with Crippen molar-refractivity contribution >= 4 is 11.9 Å². The lowest BCUT2D eigenvalue weighted by Gasteiger charge is -2.30. The number of hydrogen-bond donors (Lipinski definition) is 5. The Morgan fingerprint density at radius 2 is 2.07 bits per heavy atom. The van der Waals surface area contributed by atoms with Gasteiger partial charge in [0.05, 0.1) is 24.6 Å². The SMILES string of the molecule is NC(=O)c1c(CNC(c2cnc[nH]2)C2CCNCC2)no[n+]1[O-].O=C(O)C(F)(F)F. The number of hydrogen-bond acceptors (Lipinski definition) is 8. The summed E-state index contributed by atoms with van der Waals surface area (Å²) in [6, 6.07) is 0.0112. The van der Waals surface area contributed by atoms with Gasteiger partial charge in [-0.05, 0) is 36.8 Å². The minimum atomic E-state index is -5.08. The zero-order valence-corrected chi connectivity index (χ0v) is 15.5. The Morgan fingerprint density at radius 1 is 1.43 bits per heavy atom. The van der Waals surface area contributed by atoms with Gasteiger partial charge in [-0.15, -0.1) is 0 Å². The highest BCUT2D eigenvalue weighted by atomic mass is 19.4. The molecule has 3 heterocycles. The number of H-pyrrole nitrogens is 1. The Labute approximate surface area is 167 Å². The van der Waals surface area contributed by atoms with Crippen molar-refractivity contribution in [3.8, 4) is 0 Å². The summed E-state index contributed by atoms with van der Waals surface area (Å²) >= 11 is 0. The zero-order chi connectivity index (χ0) is 22.3. The number of nitrogens with two attached hydrogens (primary N) is 1. The van der Waals surface area contributed by atoms with Gasteiger partial charge in [-0.3, -0.25) is 9.42 Å². The average Bonchev–Trinajstić information content (AvgIpc) is 3.33. The Bertz CT molecular complexity index is 834. The number of amides is 1. The summed E-state index contributed by atoms with van der Waals surface area (Å²) in [5.74, 6) is -3.22. The number of aliphatic carboxylic acids is 1. The predicted octanol–water partition coefficient (Wildman–Crippen LogP) is -0.406. The lowest BCUT2D eigenvalue weighted by molar-refractivity contribution is -0.803. The molecule has 0 saturated carbocycles. The third kappa shape index (κ3) is 6.15. The van der Waals surface area contributed by atoms with Crippen molar-refractivity contribution in [3.05, 3.63) is 34.8 Å². The molecule has 1 atom stereocenters. The predicted molar refractivity (Wildman–Crippen MR) is 91.4 cm³/mol. The number of halogens is 3. The van der Waals surface area contributed by atoms with Crippen LogP contribution < -0.4 is 21.3 Å². The number of carbonyl (C=O) groups excluding carboxylic acids is 1. The Balaban J connectivity index is 0.000000396. The van der Waals surface area contributed by atoms with Crippen LogP contribution in [0.15, 0.2) is 17.2 Å². The number of aromatic nitrogens is 4. The molecule has 1 saturated heterocycles. The van der Waals surface area contributed by atoms with E-state index in [1.165, 1.54) is 0 Å². The molecule has 2 aromatic heterocycles. The summed E-state index contributed by atoms with van der Waals surface area (Å²) in [5, 5.41) is 28.8. The second-order valence-electron chi connectivity index (χ2n) is 6.35. The van der Waals surface area contributed by atoms with Crippen molar-refractivity contribution in [2.75, 3.05) is 13.1 Å². The molecule has 30 heavy (non-hydrogen) atoms. The maximum atomic E-state index is 11.4.